The number of halogens is 2. The molecule has 0 unspecified atom stereocenters. The molecule has 0 fully saturated rings. The number of ether oxygens (including phenoxy) is 1. The summed E-state index contributed by atoms with van der Waals surface area (Å²) in [6, 6.07) is 10.7. The van der Waals surface area contributed by atoms with Gasteiger partial charge in [-0.1, -0.05) is 41.4 Å². The molecule has 0 bridgehead atoms. The van der Waals surface area contributed by atoms with E-state index in [1.165, 1.54) is 25.1 Å². The molecule has 0 spiro atoms. The summed E-state index contributed by atoms with van der Waals surface area (Å²) in [6.45, 7) is 4.09. The molecular weight excluding hydrogens is 423 g/mol. The maximum absolute atomic E-state index is 12.7. The second kappa shape index (κ2) is 9.49. The normalized spacial score (nSPS) is 12.3. The molecule has 9 heteroatoms. The van der Waals surface area contributed by atoms with E-state index in [1.807, 2.05) is 31.2 Å². The highest BCUT2D eigenvalue weighted by atomic mass is 35.5. The van der Waals surface area contributed by atoms with Gasteiger partial charge in [0, 0.05) is 12.1 Å². The van der Waals surface area contributed by atoms with Crippen LogP contribution in [0.5, 0.6) is 5.75 Å². The quantitative estimate of drug-likeness (QED) is 0.670. The smallest absolute Gasteiger partial charge is 0.243 e. The molecule has 1 N–H and O–H groups in total. The average Bonchev–Trinajstić information content (AvgIpc) is 2.63. The molecule has 152 valence electrons. The Kier molecular flexibility index (Phi) is 7.57. The fraction of sp³-hybridized carbons (Fsp3) is 0.316. The Balaban J connectivity index is 2.22. The van der Waals surface area contributed by atoms with Crippen molar-refractivity contribution in [3.05, 3.63) is 58.1 Å². The Labute approximate surface area is 175 Å². The van der Waals surface area contributed by atoms with Crippen molar-refractivity contribution < 1.29 is 17.9 Å². The van der Waals surface area contributed by atoms with Crippen molar-refractivity contribution in [1.29, 1.82) is 0 Å². The summed E-state index contributed by atoms with van der Waals surface area (Å²) in [5.74, 6) is 0.213. The van der Waals surface area contributed by atoms with Crippen LogP contribution in [0.4, 0.5) is 5.69 Å². The molecule has 6 nitrogen and oxygen atoms in total. The fourth-order valence-electron chi connectivity index (χ4n) is 2.71. The third kappa shape index (κ3) is 5.53. The topological polar surface area (TPSA) is 75.7 Å². The number of hydrogen-bond acceptors (Lipinski definition) is 4. The van der Waals surface area contributed by atoms with Gasteiger partial charge in [0.2, 0.25) is 15.9 Å². The first kappa shape index (κ1) is 22.3. The van der Waals surface area contributed by atoms with Crippen LogP contribution in [0.3, 0.4) is 0 Å². The van der Waals surface area contributed by atoms with Crippen LogP contribution in [0.15, 0.2) is 42.5 Å². The first-order valence-corrected chi connectivity index (χ1v) is 11.2. The van der Waals surface area contributed by atoms with Crippen LogP contribution < -0.4 is 14.4 Å². The van der Waals surface area contributed by atoms with E-state index in [-0.39, 0.29) is 17.3 Å². The molecule has 2 rings (SSSR count). The summed E-state index contributed by atoms with van der Waals surface area (Å²) in [7, 11) is -3.75. The van der Waals surface area contributed by atoms with Gasteiger partial charge in [-0.15, -0.1) is 0 Å². The van der Waals surface area contributed by atoms with E-state index in [9.17, 15) is 13.2 Å². The number of carbonyl (C=O) groups excluding carboxylic acids is 1. The predicted molar refractivity (Wildman–Crippen MR) is 113 cm³/mol. The number of sulfonamides is 1. The summed E-state index contributed by atoms with van der Waals surface area (Å²) in [5, 5.41) is 3.26. The number of amides is 1. The third-order valence-electron chi connectivity index (χ3n) is 3.97. The zero-order chi connectivity index (χ0) is 20.9. The Morgan fingerprint density at radius 2 is 1.86 bits per heavy atom. The van der Waals surface area contributed by atoms with E-state index in [2.05, 4.69) is 5.32 Å². The first-order chi connectivity index (χ1) is 13.1. The number of nitrogens with zero attached hydrogens (tertiary/aromatic N) is 1. The molecule has 1 atom stereocenters. The van der Waals surface area contributed by atoms with Gasteiger partial charge < -0.3 is 10.1 Å². The van der Waals surface area contributed by atoms with Gasteiger partial charge in [0.05, 0.1) is 28.6 Å². The molecule has 0 aliphatic rings. The summed E-state index contributed by atoms with van der Waals surface area (Å²) in [5.41, 5.74) is 1.06. The second-order valence-corrected chi connectivity index (χ2v) is 8.77. The monoisotopic (exact) mass is 444 g/mol. The van der Waals surface area contributed by atoms with E-state index in [1.54, 1.807) is 0 Å². The van der Waals surface area contributed by atoms with Gasteiger partial charge in [0.15, 0.2) is 0 Å². The maximum atomic E-state index is 12.7. The summed E-state index contributed by atoms with van der Waals surface area (Å²) < 4.78 is 31.2. The number of hydrogen-bond donors (Lipinski definition) is 1. The number of benzene rings is 2. The molecule has 28 heavy (non-hydrogen) atoms. The molecule has 2 aromatic rings. The highest BCUT2D eigenvalue weighted by Gasteiger charge is 2.29. The van der Waals surface area contributed by atoms with Gasteiger partial charge >= 0.3 is 0 Å². The van der Waals surface area contributed by atoms with E-state index in [0.717, 1.165) is 16.1 Å². The van der Waals surface area contributed by atoms with E-state index < -0.39 is 22.0 Å². The van der Waals surface area contributed by atoms with Crippen LogP contribution in [0.25, 0.3) is 0 Å². The van der Waals surface area contributed by atoms with Crippen LogP contribution in [-0.2, 0) is 21.4 Å². The molecule has 0 radical (unpaired) electrons. The van der Waals surface area contributed by atoms with Crippen LogP contribution in [-0.4, -0.2) is 33.2 Å². The van der Waals surface area contributed by atoms with Crippen LogP contribution >= 0.6 is 23.2 Å². The average molecular weight is 445 g/mol. The molecule has 0 aliphatic heterocycles. The predicted octanol–water partition coefficient (Wildman–Crippen LogP) is 3.86. The maximum Gasteiger partial charge on any atom is 0.243 e. The number of carbonyl (C=O) groups is 1. The lowest BCUT2D eigenvalue weighted by Crippen LogP contribution is -2.47. The van der Waals surface area contributed by atoms with E-state index in [0.29, 0.717) is 17.4 Å². The fourth-order valence-corrected chi connectivity index (χ4v) is 4.17. The third-order valence-corrected chi connectivity index (χ3v) is 5.95. The van der Waals surface area contributed by atoms with Gasteiger partial charge in [-0.2, -0.15) is 0 Å². The molecule has 0 saturated carbocycles. The lowest BCUT2D eigenvalue weighted by Gasteiger charge is -2.28. The van der Waals surface area contributed by atoms with Crippen molar-refractivity contribution in [3.8, 4) is 5.75 Å². The first-order valence-electron chi connectivity index (χ1n) is 8.58. The minimum atomic E-state index is -3.75. The second-order valence-electron chi connectivity index (χ2n) is 6.09. The van der Waals surface area contributed by atoms with E-state index >= 15 is 0 Å². The zero-order valence-corrected chi connectivity index (χ0v) is 18.1. The zero-order valence-electron chi connectivity index (χ0n) is 15.8. The van der Waals surface area contributed by atoms with E-state index in [4.69, 9.17) is 27.9 Å². The Hall–Kier alpha value is -1.96. The number of rotatable bonds is 8. The summed E-state index contributed by atoms with van der Waals surface area (Å²) in [4.78, 5) is 12.7. The van der Waals surface area contributed by atoms with Gasteiger partial charge in [0.25, 0.3) is 0 Å². The molecule has 0 aromatic heterocycles. The van der Waals surface area contributed by atoms with Gasteiger partial charge in [-0.05, 0) is 38.1 Å². The molecule has 0 saturated heterocycles. The molecule has 0 aliphatic carbocycles. The lowest BCUT2D eigenvalue weighted by atomic mass is 10.2. The van der Waals surface area contributed by atoms with Crippen molar-refractivity contribution in [3.63, 3.8) is 0 Å². The van der Waals surface area contributed by atoms with Crippen molar-refractivity contribution in [2.75, 3.05) is 17.2 Å². The van der Waals surface area contributed by atoms with Crippen molar-refractivity contribution >= 4 is 44.8 Å². The van der Waals surface area contributed by atoms with Gasteiger partial charge in [-0.3, -0.25) is 9.10 Å². The Bertz CT molecular complexity index is 951. The Morgan fingerprint density at radius 1 is 1.18 bits per heavy atom. The lowest BCUT2D eigenvalue weighted by molar-refractivity contribution is -0.122. The highest BCUT2D eigenvalue weighted by molar-refractivity contribution is 7.92. The largest absolute Gasteiger partial charge is 0.494 e. The standard InChI is InChI=1S/C19H22Cl2N2O4S/c1-4-27-18-8-6-5-7-14(18)12-22-19(24)13(2)23(28(3,25)26)15-9-10-16(20)17(21)11-15/h5-11,13H,4,12H2,1-3H3,(H,22,24)/t13-/m1/s1. The summed E-state index contributed by atoms with van der Waals surface area (Å²) >= 11 is 11.9. The number of anilines is 1. The summed E-state index contributed by atoms with van der Waals surface area (Å²) in [6.07, 6.45) is 1.03. The molecule has 0 heterocycles. The minimum Gasteiger partial charge on any atom is -0.494 e. The Morgan fingerprint density at radius 3 is 2.46 bits per heavy atom. The van der Waals surface area contributed by atoms with Gasteiger partial charge in [-0.25, -0.2) is 8.42 Å². The highest BCUT2D eigenvalue weighted by Crippen LogP contribution is 2.29. The van der Waals surface area contributed by atoms with Crippen molar-refractivity contribution in [2.45, 2.75) is 26.4 Å². The molecule has 2 aromatic carbocycles. The van der Waals surface area contributed by atoms with Crippen molar-refractivity contribution in [1.82, 2.24) is 5.32 Å². The van der Waals surface area contributed by atoms with Gasteiger partial charge in [0.1, 0.15) is 11.8 Å². The SMILES string of the molecule is CCOc1ccccc1CNC(=O)[C@@H](C)N(c1ccc(Cl)c(Cl)c1)S(C)(=O)=O. The number of para-hydroxylation sites is 1. The van der Waals surface area contributed by atoms with Crippen LogP contribution in [0.1, 0.15) is 19.4 Å². The van der Waals surface area contributed by atoms with Crippen LogP contribution in [0.2, 0.25) is 10.0 Å². The minimum absolute atomic E-state index is 0.200. The van der Waals surface area contributed by atoms with Crippen LogP contribution in [0, 0.1) is 0 Å². The number of nitrogens with one attached hydrogen (secondary N) is 1. The molecule has 1 amide bonds. The van der Waals surface area contributed by atoms with Crippen molar-refractivity contribution in [2.24, 2.45) is 0 Å². The molecular formula is C19H22Cl2N2O4S.